The number of nitrogens with one attached hydrogen (secondary N) is 1. The third kappa shape index (κ3) is 4.28. The van der Waals surface area contributed by atoms with Crippen molar-refractivity contribution in [2.75, 3.05) is 39.9 Å². The quantitative estimate of drug-likeness (QED) is 0.799. The molecule has 1 N–H and O–H groups in total. The van der Waals surface area contributed by atoms with Crippen LogP contribution in [0.3, 0.4) is 0 Å². The van der Waals surface area contributed by atoms with Crippen LogP contribution in [-0.4, -0.2) is 60.3 Å². The molecule has 2 heterocycles. The lowest BCUT2D eigenvalue weighted by molar-refractivity contribution is -0.124. The van der Waals surface area contributed by atoms with Gasteiger partial charge in [-0.3, -0.25) is 4.79 Å². The summed E-state index contributed by atoms with van der Waals surface area (Å²) in [6, 6.07) is 0. The van der Waals surface area contributed by atoms with Crippen molar-refractivity contribution in [3.63, 3.8) is 0 Å². The Bertz CT molecular complexity index is 472. The Kier molecular flexibility index (Phi) is 5.76. The summed E-state index contributed by atoms with van der Waals surface area (Å²) in [5.74, 6) is 0.289. The molecule has 0 saturated carbocycles. The molecule has 1 aromatic heterocycles. The maximum Gasteiger partial charge on any atom is 0.224 e. The van der Waals surface area contributed by atoms with Crippen molar-refractivity contribution >= 4 is 5.91 Å². The van der Waals surface area contributed by atoms with Crippen LogP contribution >= 0.6 is 0 Å². The smallest absolute Gasteiger partial charge is 0.224 e. The van der Waals surface area contributed by atoms with E-state index in [9.17, 15) is 4.79 Å². The summed E-state index contributed by atoms with van der Waals surface area (Å²) in [7, 11) is 1.71. The van der Waals surface area contributed by atoms with Crippen LogP contribution in [0.2, 0.25) is 0 Å². The summed E-state index contributed by atoms with van der Waals surface area (Å²) in [6.45, 7) is 8.95. The topological polar surface area (TPSA) is 59.4 Å². The van der Waals surface area contributed by atoms with E-state index in [1.54, 1.807) is 7.11 Å². The SMILES string of the molecule is COCCN1CC[C@@H](C(=O)NCCn2cnc(C)c2C)C1. The fraction of sp³-hybridized carbons (Fsp3) is 0.733. The number of aromatic nitrogens is 2. The van der Waals surface area contributed by atoms with Crippen LogP contribution in [0.4, 0.5) is 0 Å². The number of aryl methyl sites for hydroxylation is 1. The molecule has 0 radical (unpaired) electrons. The minimum absolute atomic E-state index is 0.118. The minimum atomic E-state index is 0.118. The molecule has 1 fully saturated rings. The number of hydrogen-bond acceptors (Lipinski definition) is 4. The van der Waals surface area contributed by atoms with E-state index in [2.05, 4.69) is 26.7 Å². The molecule has 1 aliphatic heterocycles. The van der Waals surface area contributed by atoms with Crippen molar-refractivity contribution in [1.29, 1.82) is 0 Å². The molecule has 6 heteroatoms. The van der Waals surface area contributed by atoms with Gasteiger partial charge in [-0.05, 0) is 26.8 Å². The summed E-state index contributed by atoms with van der Waals surface area (Å²) in [5, 5.41) is 3.04. The average Bonchev–Trinajstić information content (AvgIpc) is 3.07. The number of imidazole rings is 1. The second-order valence-electron chi connectivity index (χ2n) is 5.68. The lowest BCUT2D eigenvalue weighted by atomic mass is 10.1. The predicted octanol–water partition coefficient (Wildman–Crippen LogP) is 0.584. The summed E-state index contributed by atoms with van der Waals surface area (Å²) in [5.41, 5.74) is 2.21. The maximum atomic E-state index is 12.2. The number of rotatable bonds is 7. The Labute approximate surface area is 126 Å². The Morgan fingerprint density at radius 2 is 2.29 bits per heavy atom. The van der Waals surface area contributed by atoms with Crippen molar-refractivity contribution in [2.45, 2.75) is 26.8 Å². The molecule has 6 nitrogen and oxygen atoms in total. The third-order valence-corrected chi connectivity index (χ3v) is 4.25. The van der Waals surface area contributed by atoms with Gasteiger partial charge in [-0.15, -0.1) is 0 Å². The van der Waals surface area contributed by atoms with E-state index in [1.807, 2.05) is 13.3 Å². The van der Waals surface area contributed by atoms with E-state index in [4.69, 9.17) is 4.74 Å². The van der Waals surface area contributed by atoms with Gasteiger partial charge in [-0.25, -0.2) is 4.98 Å². The van der Waals surface area contributed by atoms with Crippen molar-refractivity contribution in [3.05, 3.63) is 17.7 Å². The van der Waals surface area contributed by atoms with Gasteiger partial charge in [0.2, 0.25) is 5.91 Å². The van der Waals surface area contributed by atoms with Crippen LogP contribution in [0.1, 0.15) is 17.8 Å². The second kappa shape index (κ2) is 7.56. The van der Waals surface area contributed by atoms with Gasteiger partial charge in [0.05, 0.1) is 24.5 Å². The average molecular weight is 294 g/mol. The predicted molar refractivity (Wildman–Crippen MR) is 81.1 cm³/mol. The zero-order chi connectivity index (χ0) is 15.2. The van der Waals surface area contributed by atoms with Gasteiger partial charge in [0.15, 0.2) is 0 Å². The van der Waals surface area contributed by atoms with Gasteiger partial charge in [0, 0.05) is 39.0 Å². The van der Waals surface area contributed by atoms with Gasteiger partial charge in [-0.1, -0.05) is 0 Å². The Hall–Kier alpha value is -1.40. The molecule has 1 saturated heterocycles. The van der Waals surface area contributed by atoms with Gasteiger partial charge < -0.3 is 19.5 Å². The first-order valence-electron chi connectivity index (χ1n) is 7.59. The van der Waals surface area contributed by atoms with Gasteiger partial charge in [0.25, 0.3) is 0 Å². The first kappa shape index (κ1) is 16.0. The van der Waals surface area contributed by atoms with E-state index in [0.29, 0.717) is 6.54 Å². The van der Waals surface area contributed by atoms with Crippen LogP contribution in [0.5, 0.6) is 0 Å². The first-order valence-corrected chi connectivity index (χ1v) is 7.59. The molecule has 0 unspecified atom stereocenters. The molecule has 118 valence electrons. The Morgan fingerprint density at radius 1 is 1.48 bits per heavy atom. The standard InChI is InChI=1S/C15H26N4O2/c1-12-13(2)19(11-17-12)7-5-16-15(20)14-4-6-18(10-14)8-9-21-3/h11,14H,4-10H2,1-3H3,(H,16,20)/t14-/m1/s1. The molecular weight excluding hydrogens is 268 g/mol. The Balaban J connectivity index is 1.69. The lowest BCUT2D eigenvalue weighted by Gasteiger charge is -2.15. The summed E-state index contributed by atoms with van der Waals surface area (Å²) >= 11 is 0. The number of hydrogen-bond donors (Lipinski definition) is 1. The maximum absolute atomic E-state index is 12.2. The van der Waals surface area contributed by atoms with Gasteiger partial charge in [0.1, 0.15) is 0 Å². The highest BCUT2D eigenvalue weighted by atomic mass is 16.5. The molecule has 21 heavy (non-hydrogen) atoms. The van der Waals surface area contributed by atoms with Crippen molar-refractivity contribution < 1.29 is 9.53 Å². The lowest BCUT2D eigenvalue weighted by Crippen LogP contribution is -2.35. The zero-order valence-electron chi connectivity index (χ0n) is 13.3. The highest BCUT2D eigenvalue weighted by Crippen LogP contribution is 2.15. The van der Waals surface area contributed by atoms with Crippen molar-refractivity contribution in [1.82, 2.24) is 19.8 Å². The van der Waals surface area contributed by atoms with Crippen LogP contribution < -0.4 is 5.32 Å². The Morgan fingerprint density at radius 3 is 2.95 bits per heavy atom. The summed E-state index contributed by atoms with van der Waals surface area (Å²) in [6.07, 6.45) is 2.78. The van der Waals surface area contributed by atoms with Crippen molar-refractivity contribution in [3.8, 4) is 0 Å². The van der Waals surface area contributed by atoms with E-state index >= 15 is 0 Å². The largest absolute Gasteiger partial charge is 0.383 e. The minimum Gasteiger partial charge on any atom is -0.383 e. The summed E-state index contributed by atoms with van der Waals surface area (Å²) < 4.78 is 7.15. The van der Waals surface area contributed by atoms with Crippen LogP contribution in [-0.2, 0) is 16.1 Å². The number of amides is 1. The van der Waals surface area contributed by atoms with Gasteiger partial charge >= 0.3 is 0 Å². The molecular formula is C15H26N4O2. The molecule has 1 atom stereocenters. The van der Waals surface area contributed by atoms with Crippen molar-refractivity contribution in [2.24, 2.45) is 5.92 Å². The second-order valence-corrected chi connectivity index (χ2v) is 5.68. The summed E-state index contributed by atoms with van der Waals surface area (Å²) in [4.78, 5) is 18.7. The van der Waals surface area contributed by atoms with Crippen LogP contribution in [0, 0.1) is 19.8 Å². The van der Waals surface area contributed by atoms with Gasteiger partial charge in [-0.2, -0.15) is 0 Å². The molecule has 0 bridgehead atoms. The molecule has 1 aromatic rings. The van der Waals surface area contributed by atoms with E-state index in [-0.39, 0.29) is 11.8 Å². The first-order chi connectivity index (χ1) is 10.1. The fourth-order valence-electron chi connectivity index (χ4n) is 2.68. The van der Waals surface area contributed by atoms with E-state index < -0.39 is 0 Å². The third-order valence-electron chi connectivity index (χ3n) is 4.25. The van der Waals surface area contributed by atoms with E-state index in [0.717, 1.165) is 50.6 Å². The number of nitrogens with zero attached hydrogens (tertiary/aromatic N) is 3. The number of ether oxygens (including phenoxy) is 1. The van der Waals surface area contributed by atoms with Crippen LogP contribution in [0.15, 0.2) is 6.33 Å². The highest BCUT2D eigenvalue weighted by Gasteiger charge is 2.27. The monoisotopic (exact) mass is 294 g/mol. The highest BCUT2D eigenvalue weighted by molar-refractivity contribution is 5.79. The molecule has 0 aliphatic carbocycles. The fourth-order valence-corrected chi connectivity index (χ4v) is 2.68. The number of methoxy groups -OCH3 is 1. The molecule has 1 amide bonds. The number of carbonyl (C=O) groups is 1. The molecule has 0 spiro atoms. The number of likely N-dealkylation sites (tertiary alicyclic amines) is 1. The van der Waals surface area contributed by atoms with Crippen LogP contribution in [0.25, 0.3) is 0 Å². The molecule has 0 aromatic carbocycles. The molecule has 1 aliphatic rings. The molecule has 2 rings (SSSR count). The normalized spacial score (nSPS) is 19.1. The number of carbonyl (C=O) groups excluding carboxylic acids is 1. The van der Waals surface area contributed by atoms with E-state index in [1.165, 1.54) is 0 Å². The zero-order valence-corrected chi connectivity index (χ0v) is 13.3.